The summed E-state index contributed by atoms with van der Waals surface area (Å²) in [6.45, 7) is 1.16. The lowest BCUT2D eigenvalue weighted by Gasteiger charge is -2.17. The van der Waals surface area contributed by atoms with Crippen molar-refractivity contribution in [3.05, 3.63) is 86.9 Å². The summed E-state index contributed by atoms with van der Waals surface area (Å²) >= 11 is 12.5. The van der Waals surface area contributed by atoms with E-state index >= 15 is 0 Å². The molecule has 234 valence electrons. The van der Waals surface area contributed by atoms with Crippen LogP contribution in [-0.2, 0) is 16.1 Å². The highest BCUT2D eigenvalue weighted by molar-refractivity contribution is 6.40. The number of aromatic hydroxyl groups is 2. The number of carbonyl (C=O) groups excluding carboxylic acids is 3. The first kappa shape index (κ1) is 33.9. The van der Waals surface area contributed by atoms with Gasteiger partial charge in [-0.1, -0.05) is 35.3 Å². The molecule has 3 aromatic rings. The third-order valence-corrected chi connectivity index (χ3v) is 6.47. The Balaban J connectivity index is 1.60. The average molecular weight is 649 g/mol. The molecule has 3 amide bonds. The Morgan fingerprint density at radius 2 is 1.45 bits per heavy atom. The summed E-state index contributed by atoms with van der Waals surface area (Å²) in [5.74, 6) is -3.95. The summed E-state index contributed by atoms with van der Waals surface area (Å²) < 4.78 is 10.9. The standard InChI is InChI=1S/C29H30Cl2N4O9/c30-22-11-18(27(39)33-14-16-2-1-3-21(8-16)44-7-6-43-5-4-32)12-23(31)25(22)28(40)35-24(29(41)42)15-34-26(38)17-9-19(36)13-20(37)10-17/h1-3,8-13,24,36-37H,4-7,14-15,32H2,(H,33,39)(H,34,38)(H,35,40)(H,41,42)/t24-/m0/s1. The molecule has 0 aliphatic carbocycles. The molecule has 15 heteroatoms. The van der Waals surface area contributed by atoms with E-state index in [-0.39, 0.29) is 44.8 Å². The van der Waals surface area contributed by atoms with Gasteiger partial charge in [-0.2, -0.15) is 0 Å². The highest BCUT2D eigenvalue weighted by Crippen LogP contribution is 2.27. The second kappa shape index (κ2) is 16.3. The summed E-state index contributed by atoms with van der Waals surface area (Å²) in [7, 11) is 0. The first-order valence-corrected chi connectivity index (χ1v) is 13.9. The first-order chi connectivity index (χ1) is 21.0. The molecule has 3 rings (SSSR count). The number of benzene rings is 3. The van der Waals surface area contributed by atoms with Gasteiger partial charge in [0.2, 0.25) is 0 Å². The van der Waals surface area contributed by atoms with Crippen LogP contribution in [0.1, 0.15) is 36.6 Å². The number of rotatable bonds is 15. The molecule has 44 heavy (non-hydrogen) atoms. The van der Waals surface area contributed by atoms with E-state index in [0.717, 1.165) is 23.8 Å². The number of nitrogens with one attached hydrogen (secondary N) is 3. The number of ether oxygens (including phenoxy) is 2. The molecule has 0 fully saturated rings. The van der Waals surface area contributed by atoms with Crippen LogP contribution in [0.15, 0.2) is 54.6 Å². The van der Waals surface area contributed by atoms with Gasteiger partial charge in [-0.3, -0.25) is 14.4 Å². The molecule has 0 saturated carbocycles. The van der Waals surface area contributed by atoms with E-state index in [4.69, 9.17) is 38.4 Å². The Morgan fingerprint density at radius 3 is 2.09 bits per heavy atom. The molecular formula is C29H30Cl2N4O9. The first-order valence-electron chi connectivity index (χ1n) is 13.1. The number of carboxylic acids is 1. The monoisotopic (exact) mass is 648 g/mol. The van der Waals surface area contributed by atoms with Crippen LogP contribution in [0.4, 0.5) is 0 Å². The lowest BCUT2D eigenvalue weighted by atomic mass is 10.1. The highest BCUT2D eigenvalue weighted by atomic mass is 35.5. The number of hydrogen-bond donors (Lipinski definition) is 7. The van der Waals surface area contributed by atoms with E-state index in [1.807, 2.05) is 0 Å². The SMILES string of the molecule is NCCOCCOc1cccc(CNC(=O)c2cc(Cl)c(C(=O)N[C@@H](CNC(=O)c3cc(O)cc(O)c3)C(=O)O)c(Cl)c2)c1. The molecule has 0 heterocycles. The van der Waals surface area contributed by atoms with Gasteiger partial charge in [0.25, 0.3) is 17.7 Å². The topological polar surface area (TPSA) is 210 Å². The van der Waals surface area contributed by atoms with Crippen molar-refractivity contribution in [3.8, 4) is 17.2 Å². The molecule has 8 N–H and O–H groups in total. The average Bonchev–Trinajstić information content (AvgIpc) is 2.97. The van der Waals surface area contributed by atoms with Gasteiger partial charge in [0.1, 0.15) is 29.9 Å². The number of aliphatic carboxylic acids is 1. The number of carboxylic acid groups (broad SMARTS) is 1. The maximum atomic E-state index is 12.9. The largest absolute Gasteiger partial charge is 0.508 e. The van der Waals surface area contributed by atoms with Crippen molar-refractivity contribution in [1.29, 1.82) is 0 Å². The Labute approximate surface area is 261 Å². The minimum atomic E-state index is -1.61. The summed E-state index contributed by atoms with van der Waals surface area (Å²) in [4.78, 5) is 49.8. The second-order valence-corrected chi connectivity index (χ2v) is 10.0. The third kappa shape index (κ3) is 10.0. The fourth-order valence-electron chi connectivity index (χ4n) is 3.81. The van der Waals surface area contributed by atoms with E-state index < -0.39 is 36.3 Å². The molecule has 0 aliphatic rings. The van der Waals surface area contributed by atoms with Crippen LogP contribution in [-0.4, -0.2) is 78.0 Å². The van der Waals surface area contributed by atoms with Gasteiger partial charge in [-0.25, -0.2) is 4.79 Å². The van der Waals surface area contributed by atoms with Crippen LogP contribution in [0.25, 0.3) is 0 Å². The van der Waals surface area contributed by atoms with Crippen molar-refractivity contribution < 1.29 is 44.0 Å². The number of amides is 3. The van der Waals surface area contributed by atoms with Crippen LogP contribution in [0.2, 0.25) is 10.0 Å². The quantitative estimate of drug-likeness (QED) is 0.120. The van der Waals surface area contributed by atoms with E-state index in [1.54, 1.807) is 24.3 Å². The van der Waals surface area contributed by atoms with Crippen LogP contribution < -0.4 is 26.4 Å². The minimum Gasteiger partial charge on any atom is -0.508 e. The van der Waals surface area contributed by atoms with Gasteiger partial charge < -0.3 is 46.5 Å². The lowest BCUT2D eigenvalue weighted by molar-refractivity contribution is -0.139. The Kier molecular flexibility index (Phi) is 12.6. The fraction of sp³-hybridized carbons (Fsp3) is 0.241. The van der Waals surface area contributed by atoms with E-state index in [2.05, 4.69) is 16.0 Å². The van der Waals surface area contributed by atoms with Crippen LogP contribution >= 0.6 is 23.2 Å². The highest BCUT2D eigenvalue weighted by Gasteiger charge is 2.25. The normalized spacial score (nSPS) is 11.3. The molecule has 1 atom stereocenters. The van der Waals surface area contributed by atoms with Crippen LogP contribution in [0.5, 0.6) is 17.2 Å². The number of carbonyl (C=O) groups is 4. The smallest absolute Gasteiger partial charge is 0.328 e. The Morgan fingerprint density at radius 1 is 0.818 bits per heavy atom. The zero-order chi connectivity index (χ0) is 32.2. The maximum absolute atomic E-state index is 12.9. The molecule has 0 saturated heterocycles. The zero-order valence-corrected chi connectivity index (χ0v) is 24.7. The predicted molar refractivity (Wildman–Crippen MR) is 160 cm³/mol. The van der Waals surface area contributed by atoms with Crippen molar-refractivity contribution in [3.63, 3.8) is 0 Å². The van der Waals surface area contributed by atoms with Gasteiger partial charge >= 0.3 is 5.97 Å². The van der Waals surface area contributed by atoms with E-state index in [9.17, 15) is 34.5 Å². The fourth-order valence-corrected chi connectivity index (χ4v) is 4.47. The van der Waals surface area contributed by atoms with Gasteiger partial charge in [0.05, 0.1) is 28.8 Å². The molecule has 0 unspecified atom stereocenters. The van der Waals surface area contributed by atoms with Crippen molar-refractivity contribution in [2.45, 2.75) is 12.6 Å². The number of halogens is 2. The Bertz CT molecular complexity index is 1480. The lowest BCUT2D eigenvalue weighted by Crippen LogP contribution is -2.48. The van der Waals surface area contributed by atoms with Gasteiger partial charge in [0, 0.05) is 36.8 Å². The molecule has 0 aromatic heterocycles. The van der Waals surface area contributed by atoms with Crippen molar-refractivity contribution in [1.82, 2.24) is 16.0 Å². The van der Waals surface area contributed by atoms with Gasteiger partial charge in [0.15, 0.2) is 0 Å². The summed E-state index contributed by atoms with van der Waals surface area (Å²) in [6.07, 6.45) is 0. The number of phenols is 2. The van der Waals surface area contributed by atoms with Crippen molar-refractivity contribution >= 4 is 46.9 Å². The predicted octanol–water partition coefficient (Wildman–Crippen LogP) is 2.30. The molecule has 13 nitrogen and oxygen atoms in total. The number of nitrogens with two attached hydrogens (primary N) is 1. The molecular weight excluding hydrogens is 619 g/mol. The zero-order valence-electron chi connectivity index (χ0n) is 23.1. The van der Waals surface area contributed by atoms with Crippen LogP contribution in [0, 0.1) is 0 Å². The molecule has 3 aromatic carbocycles. The second-order valence-electron chi connectivity index (χ2n) is 9.21. The van der Waals surface area contributed by atoms with E-state index in [1.165, 1.54) is 12.1 Å². The van der Waals surface area contributed by atoms with Crippen molar-refractivity contribution in [2.24, 2.45) is 5.73 Å². The van der Waals surface area contributed by atoms with Crippen LogP contribution in [0.3, 0.4) is 0 Å². The van der Waals surface area contributed by atoms with E-state index in [0.29, 0.717) is 32.1 Å². The summed E-state index contributed by atoms with van der Waals surface area (Å²) in [5.41, 5.74) is 5.76. The van der Waals surface area contributed by atoms with Crippen molar-refractivity contribution in [2.75, 3.05) is 32.9 Å². The third-order valence-electron chi connectivity index (χ3n) is 5.88. The molecule has 0 radical (unpaired) electrons. The number of phenolic OH excluding ortho intramolecular Hbond substituents is 2. The summed E-state index contributed by atoms with van der Waals surface area (Å²) in [5, 5.41) is 35.5. The molecule has 0 spiro atoms. The van der Waals surface area contributed by atoms with Gasteiger partial charge in [-0.05, 0) is 42.0 Å². The maximum Gasteiger partial charge on any atom is 0.328 e. The molecule has 0 aliphatic heterocycles. The summed E-state index contributed by atoms with van der Waals surface area (Å²) in [6, 6.07) is 11.0. The number of hydrogen-bond acceptors (Lipinski definition) is 9. The van der Waals surface area contributed by atoms with Gasteiger partial charge in [-0.15, -0.1) is 0 Å². The Hall–Kier alpha value is -4.56. The molecule has 0 bridgehead atoms. The minimum absolute atomic E-state index is 0.0532.